The maximum Gasteiger partial charge on any atom is 0.0499 e. The SMILES string of the molecule is CC(C)C1(C(C)C)C2CCCC1CNCC2.CC(C)C1(C(C)C)C2CCNCC1C2.CC(C)C1(C(C)C)C2CCOCC1C2.CC(C)C1(C(C)C)C2CCOCC1CC2.CC(C)C1(C(C)C)CC2CCC1CCNC2.CC(C)C1(C(C)C)CC2CCC1CCOC2.CC(C)C1(C(C)C)CC2CCCC(COC2)C1.CC(C)C1(C(C)C)CC2CCCC1CCOC2. The molecule has 8 aliphatic carbocycles. The molecule has 0 radical (unpaired) electrons. The summed E-state index contributed by atoms with van der Waals surface area (Å²) in [6, 6.07) is 0. The Morgan fingerprint density at radius 3 is 0.928 bits per heavy atom. The molecule has 13 heterocycles. The molecule has 8 saturated carbocycles. The van der Waals surface area contributed by atoms with Crippen molar-refractivity contribution >= 4 is 0 Å². The van der Waals surface area contributed by atoms with Crippen LogP contribution in [-0.4, -0.2) is 105 Å². The maximum absolute atomic E-state index is 5.89. The van der Waals surface area contributed by atoms with Gasteiger partial charge in [0.15, 0.2) is 0 Å². The van der Waals surface area contributed by atoms with Gasteiger partial charge in [-0.2, -0.15) is 0 Å². The van der Waals surface area contributed by atoms with Gasteiger partial charge in [-0.05, 0) is 439 Å². The second-order valence-electron chi connectivity index (χ2n) is 52.0. The zero-order chi connectivity index (χ0) is 92.0. The quantitative estimate of drug-likeness (QED) is 0.141. The third kappa shape index (κ3) is 22.9. The summed E-state index contributed by atoms with van der Waals surface area (Å²) >= 11 is 0. The zero-order valence-electron chi connectivity index (χ0n) is 89.8. The first-order valence-electron chi connectivity index (χ1n) is 56.2. The number of fused-ring (bicyclic) bond motifs is 29. The summed E-state index contributed by atoms with van der Waals surface area (Å²) in [6.45, 7) is 95.9. The summed E-state index contributed by atoms with van der Waals surface area (Å²) in [4.78, 5) is 0. The lowest BCUT2D eigenvalue weighted by Crippen LogP contribution is -2.56. The minimum absolute atomic E-state index is 0.566. The molecule has 21 aliphatic rings. The lowest BCUT2D eigenvalue weighted by Gasteiger charge is -2.61. The highest BCUT2D eigenvalue weighted by molar-refractivity contribution is 5.11. The predicted molar refractivity (Wildman–Crippen MR) is 539 cm³/mol. The van der Waals surface area contributed by atoms with Crippen LogP contribution in [0.1, 0.15) is 408 Å². The van der Waals surface area contributed by atoms with Crippen LogP contribution in [0.5, 0.6) is 0 Å². The van der Waals surface area contributed by atoms with E-state index in [-0.39, 0.29) is 0 Å². The van der Waals surface area contributed by atoms with E-state index in [0.717, 1.165) is 255 Å². The van der Waals surface area contributed by atoms with Crippen molar-refractivity contribution in [2.45, 2.75) is 408 Å². The Balaban J connectivity index is 0.000000162. The van der Waals surface area contributed by atoms with Gasteiger partial charge in [-0.3, -0.25) is 0 Å². The van der Waals surface area contributed by atoms with Crippen molar-refractivity contribution in [1.82, 2.24) is 16.0 Å². The van der Waals surface area contributed by atoms with Crippen molar-refractivity contribution in [2.75, 3.05) is 105 Å². The van der Waals surface area contributed by atoms with Crippen molar-refractivity contribution in [3.05, 3.63) is 0 Å². The topological polar surface area (TPSA) is 82.2 Å². The van der Waals surface area contributed by atoms with E-state index in [9.17, 15) is 0 Å². The summed E-state index contributed by atoms with van der Waals surface area (Å²) in [5.41, 5.74) is 4.79. The summed E-state index contributed by atoms with van der Waals surface area (Å²) in [6.07, 6.45) is 41.0. The molecule has 0 aromatic rings. The first-order chi connectivity index (χ1) is 59.1. The van der Waals surface area contributed by atoms with E-state index in [1.807, 2.05) is 0 Å². The highest BCUT2D eigenvalue weighted by Gasteiger charge is 2.62. The molecule has 125 heavy (non-hydrogen) atoms. The van der Waals surface area contributed by atoms with Crippen molar-refractivity contribution in [1.29, 1.82) is 0 Å². The van der Waals surface area contributed by atoms with Crippen molar-refractivity contribution < 1.29 is 23.7 Å². The third-order valence-electron chi connectivity index (χ3n) is 43.0. The van der Waals surface area contributed by atoms with E-state index in [4.69, 9.17) is 23.7 Å². The molecule has 3 N–H and O–H groups in total. The fourth-order valence-corrected chi connectivity index (χ4v) is 37.7. The molecule has 0 amide bonds. The molecule has 0 spiro atoms. The first-order valence-corrected chi connectivity index (χ1v) is 56.2. The lowest BCUT2D eigenvalue weighted by atomic mass is 9.44. The van der Waals surface area contributed by atoms with E-state index in [2.05, 4.69) is 238 Å². The van der Waals surface area contributed by atoms with Gasteiger partial charge in [0.1, 0.15) is 0 Å². The van der Waals surface area contributed by atoms with Crippen LogP contribution in [-0.2, 0) is 23.7 Å². The molecule has 0 aromatic carbocycles. The summed E-state index contributed by atoms with van der Waals surface area (Å²) in [5, 5.41) is 10.9. The summed E-state index contributed by atoms with van der Waals surface area (Å²) < 4.78 is 29.0. The normalized spacial score (nSPS) is 34.4. The Morgan fingerprint density at radius 1 is 0.192 bits per heavy atom. The van der Waals surface area contributed by atoms with Crippen LogP contribution in [0.25, 0.3) is 0 Å². The van der Waals surface area contributed by atoms with E-state index in [0.29, 0.717) is 43.3 Å². The van der Waals surface area contributed by atoms with Crippen LogP contribution in [0, 0.1) is 233 Å². The van der Waals surface area contributed by atoms with Crippen molar-refractivity contribution in [3.8, 4) is 0 Å². The predicted octanol–water partition coefficient (Wildman–Crippen LogP) is 30.5. The molecule has 13 saturated heterocycles. The van der Waals surface area contributed by atoms with Crippen LogP contribution in [0.3, 0.4) is 0 Å². The minimum atomic E-state index is 0.566. The molecule has 8 heteroatoms. The van der Waals surface area contributed by atoms with Crippen LogP contribution in [0.4, 0.5) is 0 Å². The molecular formula is C117H221N3O5. The molecule has 16 bridgehead atoms. The summed E-state index contributed by atoms with van der Waals surface area (Å²) in [7, 11) is 0. The smallest absolute Gasteiger partial charge is 0.0499 e. The minimum Gasteiger partial charge on any atom is -0.381 e. The van der Waals surface area contributed by atoms with Gasteiger partial charge in [0.05, 0.1) is 0 Å². The van der Waals surface area contributed by atoms with Crippen LogP contribution in [0.2, 0.25) is 0 Å². The molecule has 21 rings (SSSR count). The molecular weight excluding hydrogens is 1530 g/mol. The first kappa shape index (κ1) is 108. The zero-order valence-corrected chi connectivity index (χ0v) is 89.8. The van der Waals surface area contributed by atoms with Crippen LogP contribution < -0.4 is 16.0 Å². The monoisotopic (exact) mass is 1750 g/mol. The largest absolute Gasteiger partial charge is 0.381 e. The van der Waals surface area contributed by atoms with Crippen LogP contribution >= 0.6 is 0 Å². The number of hydrogen-bond donors (Lipinski definition) is 3. The molecule has 13 aliphatic heterocycles. The van der Waals surface area contributed by atoms with Gasteiger partial charge in [0.25, 0.3) is 0 Å². The molecule has 16 unspecified atom stereocenters. The number of ether oxygens (including phenoxy) is 5. The fourth-order valence-electron chi connectivity index (χ4n) is 37.7. The van der Waals surface area contributed by atoms with Gasteiger partial charge in [0, 0.05) is 66.1 Å². The Hall–Kier alpha value is -0.320. The average molecular weight is 1750 g/mol. The Bertz CT molecular complexity index is 2740. The second-order valence-corrected chi connectivity index (χ2v) is 52.0. The van der Waals surface area contributed by atoms with Gasteiger partial charge >= 0.3 is 0 Å². The van der Waals surface area contributed by atoms with Gasteiger partial charge in [0.2, 0.25) is 0 Å². The molecule has 16 atom stereocenters. The van der Waals surface area contributed by atoms with Gasteiger partial charge < -0.3 is 39.6 Å². The van der Waals surface area contributed by atoms with Crippen molar-refractivity contribution in [2.24, 2.45) is 233 Å². The van der Waals surface area contributed by atoms with Crippen molar-refractivity contribution in [3.63, 3.8) is 0 Å². The fraction of sp³-hybridized carbons (Fsp3) is 1.00. The molecule has 0 aromatic heterocycles. The number of nitrogens with one attached hydrogen (secondary N) is 3. The maximum atomic E-state index is 5.89. The van der Waals surface area contributed by atoms with Gasteiger partial charge in [-0.15, -0.1) is 0 Å². The summed E-state index contributed by atoms with van der Waals surface area (Å²) in [5.74, 6) is 27.6. The van der Waals surface area contributed by atoms with E-state index in [1.165, 1.54) is 225 Å². The van der Waals surface area contributed by atoms with E-state index >= 15 is 0 Å². The lowest BCUT2D eigenvalue weighted by molar-refractivity contribution is -0.130. The van der Waals surface area contributed by atoms with E-state index in [1.54, 1.807) is 0 Å². The Labute approximate surface area is 780 Å². The number of hydrogen-bond acceptors (Lipinski definition) is 8. The molecule has 21 fully saturated rings. The molecule has 8 nitrogen and oxygen atoms in total. The average Bonchev–Trinajstić information content (AvgIpc) is 1.51. The Morgan fingerprint density at radius 2 is 0.464 bits per heavy atom. The van der Waals surface area contributed by atoms with Gasteiger partial charge in [-0.1, -0.05) is 241 Å². The van der Waals surface area contributed by atoms with Crippen LogP contribution in [0.15, 0.2) is 0 Å². The number of rotatable bonds is 16. The van der Waals surface area contributed by atoms with E-state index < -0.39 is 0 Å². The third-order valence-corrected chi connectivity index (χ3v) is 43.0. The highest BCUT2D eigenvalue weighted by Crippen LogP contribution is 2.67. The molecule has 734 valence electrons. The Kier molecular flexibility index (Phi) is 41.7. The van der Waals surface area contributed by atoms with Gasteiger partial charge in [-0.25, -0.2) is 0 Å². The highest BCUT2D eigenvalue weighted by atomic mass is 16.5. The standard InChI is InChI=1S/2C16H30O.2C15H29N.C15H28O.C14H26O.C13H25N.C13H24O/c1-12(2)16(13(3)4)8-14-6-5-7-15(9-16)11-17-10-14;1-12(2)16(13(3)4)10-14-6-5-7-15(16)8-9-17-11-14;1-11(2)15(12(3)4)9-13-5-6-14(15)7-8-16-10-13;1-11(2)15(12(3)4)13-6-5-7-14(15)10-16-9-8-13;1-11(2)15(12(3)4)9-13-5-6-14(15)7-8-16-10-13;1-10(2)14(11(3)4)12-5-6-13(14)9-15-8-7-12;2*1-9(2)13(10(3)4)11-5-6-14-8-12(13)7-11/h2*12-15H,5-11H2,1-4H3;2*11-14,16H,5-10H2,1-4H3;11-14H,5-10H2,1-4H3;10-13H,5-9H2,1-4H3;9-12,14H,5-8H2,1-4H3;9-12H,5-8H2,1-4H3. The second kappa shape index (κ2) is 48.1.